The number of halogens is 2. The van der Waals surface area contributed by atoms with E-state index < -0.39 is 17.0 Å². The molecule has 12 heteroatoms. The molecule has 1 aliphatic carbocycles. The van der Waals surface area contributed by atoms with Crippen LogP contribution in [0.5, 0.6) is 5.75 Å². The normalized spacial score (nSPS) is 20.2. The molecule has 10 nitrogen and oxygen atoms in total. The van der Waals surface area contributed by atoms with Crippen molar-refractivity contribution in [2.45, 2.75) is 43.6 Å². The number of hydrogen-bond donors (Lipinski definition) is 3. The number of hydrogen-bond acceptors (Lipinski definition) is 8. The second-order valence-corrected chi connectivity index (χ2v) is 8.64. The number of rotatable bonds is 7. The fraction of sp³-hybridized carbons (Fsp3) is 0.318. The predicted octanol–water partition coefficient (Wildman–Crippen LogP) is 3.91. The van der Waals surface area contributed by atoms with Crippen LogP contribution in [-0.4, -0.2) is 36.5 Å². The summed E-state index contributed by atoms with van der Waals surface area (Å²) in [5.74, 6) is 0.489. The van der Waals surface area contributed by atoms with Crippen LogP contribution in [0.25, 0.3) is 0 Å². The van der Waals surface area contributed by atoms with Gasteiger partial charge in [-0.15, -0.1) is 5.10 Å². The first-order valence-electron chi connectivity index (χ1n) is 10.7. The van der Waals surface area contributed by atoms with Crippen molar-refractivity contribution in [3.8, 4) is 5.75 Å². The zero-order chi connectivity index (χ0) is 23.5. The Morgan fingerprint density at radius 2 is 2.09 bits per heavy atom. The van der Waals surface area contributed by atoms with Gasteiger partial charge in [0.05, 0.1) is 34.6 Å². The van der Waals surface area contributed by atoms with E-state index in [1.165, 1.54) is 6.07 Å². The lowest BCUT2D eigenvalue weighted by Crippen LogP contribution is -2.38. The van der Waals surface area contributed by atoms with Gasteiger partial charge >= 0.3 is 5.76 Å². The molecule has 0 aliphatic heterocycles. The number of nitrogens with one attached hydrogen (secondary N) is 3. The molecule has 0 radical (unpaired) electrons. The van der Waals surface area contributed by atoms with Gasteiger partial charge in [-0.3, -0.25) is 10.1 Å². The van der Waals surface area contributed by atoms with E-state index in [0.29, 0.717) is 55.3 Å². The van der Waals surface area contributed by atoms with Gasteiger partial charge in [0.2, 0.25) is 5.89 Å². The third kappa shape index (κ3) is 4.65. The Labute approximate surface area is 197 Å². The van der Waals surface area contributed by atoms with Gasteiger partial charge in [-0.2, -0.15) is 5.10 Å². The Balaban J connectivity index is 1.35. The molecular weight excluding hydrogens is 465 g/mol. The minimum atomic E-state index is -0.616. The van der Waals surface area contributed by atoms with E-state index >= 15 is 0 Å². The van der Waals surface area contributed by atoms with Crippen LogP contribution in [0, 0.1) is 5.82 Å². The Kier molecular flexibility index (Phi) is 6.01. The van der Waals surface area contributed by atoms with E-state index in [0.717, 1.165) is 0 Å². The highest BCUT2D eigenvalue weighted by atomic mass is 35.5. The van der Waals surface area contributed by atoms with Crippen molar-refractivity contribution in [1.82, 2.24) is 30.4 Å². The maximum Gasteiger partial charge on any atom is 0.434 e. The number of anilines is 2. The highest BCUT2D eigenvalue weighted by molar-refractivity contribution is 6.30. The van der Waals surface area contributed by atoms with Crippen LogP contribution in [-0.2, 0) is 11.8 Å². The molecule has 3 heterocycles. The SMILES string of the molecule is O=c1[nH]nc(C2(Cc3cncc(Nc4ccn[nH]4)n3)CCC(Oc3cccc(Cl)c3F)CC2)o1. The first-order valence-corrected chi connectivity index (χ1v) is 11.1. The second kappa shape index (κ2) is 9.26. The molecule has 0 atom stereocenters. The fourth-order valence-corrected chi connectivity index (χ4v) is 4.47. The summed E-state index contributed by atoms with van der Waals surface area (Å²) in [6.07, 6.45) is 7.52. The van der Waals surface area contributed by atoms with Crippen LogP contribution in [0.15, 0.2) is 52.1 Å². The Morgan fingerprint density at radius 3 is 2.82 bits per heavy atom. The van der Waals surface area contributed by atoms with E-state index in [-0.39, 0.29) is 16.9 Å². The van der Waals surface area contributed by atoms with Crippen molar-refractivity contribution in [2.75, 3.05) is 5.32 Å². The molecule has 1 saturated carbocycles. The molecule has 0 amide bonds. The topological polar surface area (TPSA) is 135 Å². The number of aromatic amines is 2. The highest BCUT2D eigenvalue weighted by Gasteiger charge is 2.42. The molecule has 1 aromatic carbocycles. The zero-order valence-electron chi connectivity index (χ0n) is 17.9. The maximum absolute atomic E-state index is 14.3. The largest absolute Gasteiger partial charge is 0.487 e. The predicted molar refractivity (Wildman–Crippen MR) is 121 cm³/mol. The molecule has 34 heavy (non-hydrogen) atoms. The van der Waals surface area contributed by atoms with Crippen LogP contribution in [0.3, 0.4) is 0 Å². The molecule has 1 fully saturated rings. The van der Waals surface area contributed by atoms with Crippen LogP contribution >= 0.6 is 11.6 Å². The van der Waals surface area contributed by atoms with E-state index in [9.17, 15) is 9.18 Å². The highest BCUT2D eigenvalue weighted by Crippen LogP contribution is 2.42. The van der Waals surface area contributed by atoms with Crippen LogP contribution in [0.2, 0.25) is 5.02 Å². The minimum Gasteiger partial charge on any atom is -0.487 e. The van der Waals surface area contributed by atoms with E-state index in [2.05, 4.69) is 35.7 Å². The summed E-state index contributed by atoms with van der Waals surface area (Å²) in [6, 6.07) is 6.46. The summed E-state index contributed by atoms with van der Waals surface area (Å²) in [5.41, 5.74) is 0.114. The third-order valence-electron chi connectivity index (χ3n) is 5.96. The van der Waals surface area contributed by atoms with Crippen LogP contribution in [0.1, 0.15) is 37.3 Å². The average Bonchev–Trinajstić information content (AvgIpc) is 3.51. The molecule has 0 bridgehead atoms. The molecule has 176 valence electrons. The van der Waals surface area contributed by atoms with Crippen LogP contribution < -0.4 is 15.8 Å². The molecule has 0 unspecified atom stereocenters. The summed E-state index contributed by atoms with van der Waals surface area (Å²) in [4.78, 5) is 20.7. The molecule has 0 spiro atoms. The zero-order valence-corrected chi connectivity index (χ0v) is 18.7. The smallest absolute Gasteiger partial charge is 0.434 e. The molecule has 5 rings (SSSR count). The van der Waals surface area contributed by atoms with Gasteiger partial charge in [0.15, 0.2) is 11.6 Å². The standard InChI is InChI=1S/C22H21ClFN7O3/c23-15-2-1-3-16(19(15)24)33-14-4-7-22(8-5-14,20-30-31-21(32)34-20)10-13-11-25-12-18(27-13)28-17-6-9-26-29-17/h1-3,6,9,11-12,14H,4-5,7-8,10H2,(H,31,32)(H2,26,27,28,29). The number of benzene rings is 1. The van der Waals surface area contributed by atoms with Gasteiger partial charge < -0.3 is 14.5 Å². The van der Waals surface area contributed by atoms with Gasteiger partial charge in [0.1, 0.15) is 11.6 Å². The first-order chi connectivity index (χ1) is 16.5. The van der Waals surface area contributed by atoms with Crippen molar-refractivity contribution < 1.29 is 13.5 Å². The molecular formula is C22H21ClFN7O3. The molecule has 0 saturated heterocycles. The Morgan fingerprint density at radius 1 is 1.24 bits per heavy atom. The Hall–Kier alpha value is -3.73. The number of nitrogens with zero attached hydrogens (tertiary/aromatic N) is 4. The van der Waals surface area contributed by atoms with Crippen molar-refractivity contribution in [3.05, 3.63) is 75.8 Å². The van der Waals surface area contributed by atoms with E-state index in [4.69, 9.17) is 20.8 Å². The van der Waals surface area contributed by atoms with Crippen molar-refractivity contribution in [3.63, 3.8) is 0 Å². The molecule has 3 aromatic heterocycles. The fourth-order valence-electron chi connectivity index (χ4n) is 4.30. The lowest BCUT2D eigenvalue weighted by Gasteiger charge is -2.37. The molecule has 1 aliphatic rings. The number of aromatic nitrogens is 6. The van der Waals surface area contributed by atoms with E-state index in [1.807, 2.05) is 0 Å². The minimum absolute atomic E-state index is 0.0168. The van der Waals surface area contributed by atoms with Crippen LogP contribution in [0.4, 0.5) is 16.0 Å². The quantitative estimate of drug-likeness (QED) is 0.358. The van der Waals surface area contributed by atoms with Crippen molar-refractivity contribution in [1.29, 1.82) is 0 Å². The molecule has 3 N–H and O–H groups in total. The van der Waals surface area contributed by atoms with Gasteiger partial charge in [0, 0.05) is 18.7 Å². The summed E-state index contributed by atoms with van der Waals surface area (Å²) in [5, 5.41) is 16.3. The average molecular weight is 486 g/mol. The summed E-state index contributed by atoms with van der Waals surface area (Å²) in [6.45, 7) is 0. The monoisotopic (exact) mass is 485 g/mol. The van der Waals surface area contributed by atoms with Crippen molar-refractivity contribution in [2.24, 2.45) is 0 Å². The first kappa shape index (κ1) is 22.1. The summed E-state index contributed by atoms with van der Waals surface area (Å²) < 4.78 is 25.6. The lowest BCUT2D eigenvalue weighted by atomic mass is 9.70. The van der Waals surface area contributed by atoms with Crippen molar-refractivity contribution >= 4 is 23.2 Å². The summed E-state index contributed by atoms with van der Waals surface area (Å²) >= 11 is 5.87. The summed E-state index contributed by atoms with van der Waals surface area (Å²) in [7, 11) is 0. The maximum atomic E-state index is 14.3. The van der Waals surface area contributed by atoms with Gasteiger partial charge in [-0.1, -0.05) is 17.7 Å². The van der Waals surface area contributed by atoms with Gasteiger partial charge in [0.25, 0.3) is 0 Å². The van der Waals surface area contributed by atoms with Gasteiger partial charge in [-0.25, -0.2) is 19.3 Å². The lowest BCUT2D eigenvalue weighted by molar-refractivity contribution is 0.0989. The second-order valence-electron chi connectivity index (χ2n) is 8.24. The Bertz CT molecular complexity index is 1320. The van der Waals surface area contributed by atoms with E-state index in [1.54, 1.807) is 36.8 Å². The molecule has 4 aromatic rings. The number of ether oxygens (including phenoxy) is 1. The third-order valence-corrected chi connectivity index (χ3v) is 6.25. The van der Waals surface area contributed by atoms with Gasteiger partial charge in [-0.05, 0) is 37.8 Å². The number of H-pyrrole nitrogens is 2.